The number of carbonyl (C=O) groups excluding carboxylic acids is 1. The summed E-state index contributed by atoms with van der Waals surface area (Å²) in [7, 11) is 0. The van der Waals surface area contributed by atoms with E-state index in [1.54, 1.807) is 24.4 Å². The Balaban J connectivity index is 1.46. The van der Waals surface area contributed by atoms with E-state index in [1.165, 1.54) is 47.4 Å². The van der Waals surface area contributed by atoms with E-state index in [4.69, 9.17) is 28.9 Å². The van der Waals surface area contributed by atoms with Gasteiger partial charge in [0, 0.05) is 36.3 Å². The number of nitrogens with zero attached hydrogens (tertiary/aromatic N) is 4. The summed E-state index contributed by atoms with van der Waals surface area (Å²) in [6.07, 6.45) is 6.15. The van der Waals surface area contributed by atoms with Crippen LogP contribution in [0.25, 0.3) is 22.4 Å². The quantitative estimate of drug-likeness (QED) is 0.245. The predicted octanol–water partition coefficient (Wildman–Crippen LogP) is 5.71. The first-order valence-corrected chi connectivity index (χ1v) is 14.7. The highest BCUT2D eigenvalue weighted by Gasteiger charge is 2.32. The molecule has 1 unspecified atom stereocenters. The second kappa shape index (κ2) is 12.4. The molecule has 9 nitrogen and oxygen atoms in total. The summed E-state index contributed by atoms with van der Waals surface area (Å²) in [6, 6.07) is 10.9. The molecular formula is C31H27Cl2F2N7O2. The van der Waals surface area contributed by atoms with Crippen LogP contribution in [0.2, 0.25) is 5.02 Å². The maximum Gasteiger partial charge on any atom is 0.254 e. The zero-order chi connectivity index (χ0) is 31.0. The molecule has 13 heteroatoms. The summed E-state index contributed by atoms with van der Waals surface area (Å²) in [5.74, 6) is -1.39. The highest BCUT2D eigenvalue weighted by Crippen LogP contribution is 2.35. The average Bonchev–Trinajstić information content (AvgIpc) is 3.48. The smallest absolute Gasteiger partial charge is 0.254 e. The fourth-order valence-electron chi connectivity index (χ4n) is 5.84. The van der Waals surface area contributed by atoms with Crippen LogP contribution >= 0.6 is 23.2 Å². The number of pyridine rings is 1. The van der Waals surface area contributed by atoms with Gasteiger partial charge in [0.1, 0.15) is 11.0 Å². The van der Waals surface area contributed by atoms with Crippen LogP contribution in [0.3, 0.4) is 0 Å². The summed E-state index contributed by atoms with van der Waals surface area (Å²) < 4.78 is 31.1. The number of rotatable bonds is 4. The SMILES string of the molecule is N/C(Cl)=C\Nc1ccc(Cl)c(F)c1-c1cc(=O)n(C2CCN3CCC[C@H]3C(=O)Nc3ccc(F)cc3-c3ccnc2c3)cn1. The van der Waals surface area contributed by atoms with Crippen molar-refractivity contribution in [3.05, 3.63) is 105 Å². The molecule has 4 N–H and O–H groups in total. The second-order valence-electron chi connectivity index (χ2n) is 10.6. The molecular weight excluding hydrogens is 611 g/mol. The van der Waals surface area contributed by atoms with Crippen LogP contribution in [-0.2, 0) is 4.79 Å². The number of anilines is 2. The molecule has 1 fully saturated rings. The molecule has 4 heterocycles. The molecule has 0 radical (unpaired) electrons. The van der Waals surface area contributed by atoms with Gasteiger partial charge in [-0.3, -0.25) is 24.0 Å². The van der Waals surface area contributed by atoms with Gasteiger partial charge in [0.2, 0.25) is 5.91 Å². The number of aromatic nitrogens is 3. The standard InChI is InChI=1S/C31H27Cl2F2N7O2/c32-20-4-6-22(38-15-27(33)36)29(30(20)35)24-14-28(43)42(16-39-24)25-8-11-41-10-1-2-26(41)31(44)40-21-5-3-18(34)13-19(21)17-7-9-37-23(25)12-17/h3-7,9,12-16,25-26,38H,1-2,8,10-11,36H2,(H,40,44)/b27-15-/t25?,26-/m0/s1. The maximum absolute atomic E-state index is 15.3. The van der Waals surface area contributed by atoms with Gasteiger partial charge in [-0.1, -0.05) is 23.2 Å². The van der Waals surface area contributed by atoms with Gasteiger partial charge in [-0.05, 0) is 73.8 Å². The van der Waals surface area contributed by atoms with Crippen molar-refractivity contribution in [2.45, 2.75) is 31.3 Å². The normalized spacial score (nSPS) is 18.9. The third kappa shape index (κ3) is 5.90. The number of amides is 1. The van der Waals surface area contributed by atoms with Gasteiger partial charge in [0.05, 0.1) is 46.1 Å². The number of carbonyl (C=O) groups is 1. The van der Waals surface area contributed by atoms with Crippen molar-refractivity contribution in [3.8, 4) is 22.4 Å². The summed E-state index contributed by atoms with van der Waals surface area (Å²) in [5, 5.41) is 5.60. The van der Waals surface area contributed by atoms with Crippen molar-refractivity contribution in [1.29, 1.82) is 0 Å². The number of hydrogen-bond donors (Lipinski definition) is 3. The third-order valence-corrected chi connectivity index (χ3v) is 8.32. The number of fused-ring (bicyclic) bond motifs is 5. The summed E-state index contributed by atoms with van der Waals surface area (Å²) in [6.45, 7) is 1.22. The van der Waals surface area contributed by atoms with Crippen LogP contribution in [-0.4, -0.2) is 44.5 Å². The number of benzene rings is 2. The van der Waals surface area contributed by atoms with Crippen molar-refractivity contribution in [1.82, 2.24) is 19.4 Å². The molecule has 44 heavy (non-hydrogen) atoms. The molecule has 1 saturated heterocycles. The topological polar surface area (TPSA) is 118 Å². The molecule has 1 amide bonds. The Morgan fingerprint density at radius 1 is 1.05 bits per heavy atom. The Morgan fingerprint density at radius 3 is 2.68 bits per heavy atom. The zero-order valence-corrected chi connectivity index (χ0v) is 24.7. The zero-order valence-electron chi connectivity index (χ0n) is 23.2. The Morgan fingerprint density at radius 2 is 1.89 bits per heavy atom. The first-order chi connectivity index (χ1) is 21.2. The Bertz CT molecular complexity index is 1840. The van der Waals surface area contributed by atoms with Gasteiger partial charge in [0.15, 0.2) is 5.82 Å². The average molecular weight is 639 g/mol. The summed E-state index contributed by atoms with van der Waals surface area (Å²) in [4.78, 5) is 38.2. The summed E-state index contributed by atoms with van der Waals surface area (Å²) in [5.41, 5.74) is 7.48. The van der Waals surface area contributed by atoms with Crippen LogP contribution in [0.5, 0.6) is 0 Å². The van der Waals surface area contributed by atoms with Crippen LogP contribution < -0.4 is 21.9 Å². The minimum Gasteiger partial charge on any atom is -0.388 e. The van der Waals surface area contributed by atoms with E-state index in [1.807, 2.05) is 0 Å². The Labute approximate surface area is 261 Å². The second-order valence-corrected chi connectivity index (χ2v) is 11.5. The lowest BCUT2D eigenvalue weighted by Crippen LogP contribution is -2.41. The monoisotopic (exact) mass is 637 g/mol. The molecule has 2 aromatic heterocycles. The number of hydrogen-bond acceptors (Lipinski definition) is 7. The van der Waals surface area contributed by atoms with Crippen molar-refractivity contribution in [2.75, 3.05) is 23.7 Å². The first kappa shape index (κ1) is 29.7. The molecule has 0 saturated carbocycles. The minimum atomic E-state index is -0.771. The van der Waals surface area contributed by atoms with E-state index in [9.17, 15) is 14.0 Å². The lowest BCUT2D eigenvalue weighted by atomic mass is 9.99. The van der Waals surface area contributed by atoms with E-state index in [2.05, 4.69) is 25.5 Å². The number of nitrogens with two attached hydrogens (primary N) is 1. The third-order valence-electron chi connectivity index (χ3n) is 7.92. The number of nitrogens with one attached hydrogen (secondary N) is 2. The molecule has 226 valence electrons. The van der Waals surface area contributed by atoms with Gasteiger partial charge >= 0.3 is 0 Å². The van der Waals surface area contributed by atoms with Crippen LogP contribution in [0, 0.1) is 11.6 Å². The van der Waals surface area contributed by atoms with Crippen LogP contribution in [0.4, 0.5) is 20.2 Å². The molecule has 0 aliphatic carbocycles. The lowest BCUT2D eigenvalue weighted by Gasteiger charge is -2.28. The van der Waals surface area contributed by atoms with Crippen molar-refractivity contribution < 1.29 is 13.6 Å². The van der Waals surface area contributed by atoms with E-state index in [0.29, 0.717) is 48.4 Å². The molecule has 2 bridgehead atoms. The Hall–Kier alpha value is -4.32. The molecule has 2 aliphatic rings. The van der Waals surface area contributed by atoms with Gasteiger partial charge in [-0.2, -0.15) is 0 Å². The predicted molar refractivity (Wildman–Crippen MR) is 166 cm³/mol. The highest BCUT2D eigenvalue weighted by molar-refractivity contribution is 6.31. The van der Waals surface area contributed by atoms with Crippen LogP contribution in [0.1, 0.15) is 31.0 Å². The van der Waals surface area contributed by atoms with Crippen molar-refractivity contribution in [2.24, 2.45) is 5.73 Å². The van der Waals surface area contributed by atoms with E-state index < -0.39 is 23.2 Å². The van der Waals surface area contributed by atoms with Crippen molar-refractivity contribution >= 4 is 40.5 Å². The number of halogens is 4. The van der Waals surface area contributed by atoms with Gasteiger partial charge < -0.3 is 16.4 Å². The van der Waals surface area contributed by atoms with Gasteiger partial charge in [-0.15, -0.1) is 0 Å². The summed E-state index contributed by atoms with van der Waals surface area (Å²) >= 11 is 11.8. The van der Waals surface area contributed by atoms with Crippen LogP contribution in [0.15, 0.2) is 77.2 Å². The fraction of sp³-hybridized carbons (Fsp3) is 0.226. The molecule has 6 rings (SSSR count). The van der Waals surface area contributed by atoms with E-state index in [0.717, 1.165) is 6.42 Å². The lowest BCUT2D eigenvalue weighted by molar-refractivity contribution is -0.120. The highest BCUT2D eigenvalue weighted by atomic mass is 35.5. The van der Waals surface area contributed by atoms with Gasteiger partial charge in [0.25, 0.3) is 5.56 Å². The molecule has 2 aromatic carbocycles. The largest absolute Gasteiger partial charge is 0.388 e. The minimum absolute atomic E-state index is 0.0284. The molecule has 2 atom stereocenters. The Kier molecular flexibility index (Phi) is 8.35. The maximum atomic E-state index is 15.3. The molecule has 4 aromatic rings. The molecule has 2 aliphatic heterocycles. The first-order valence-electron chi connectivity index (χ1n) is 13.9. The van der Waals surface area contributed by atoms with Crippen molar-refractivity contribution in [3.63, 3.8) is 0 Å². The van der Waals surface area contributed by atoms with E-state index in [-0.39, 0.29) is 39.1 Å². The molecule has 0 spiro atoms. The van der Waals surface area contributed by atoms with Gasteiger partial charge in [-0.25, -0.2) is 13.8 Å². The fourth-order valence-corrected chi connectivity index (χ4v) is 6.05. The van der Waals surface area contributed by atoms with E-state index >= 15 is 4.39 Å².